The van der Waals surface area contributed by atoms with Crippen molar-refractivity contribution in [1.29, 1.82) is 10.5 Å². The molecular weight excluding hydrogens is 599 g/mol. The van der Waals surface area contributed by atoms with Crippen LogP contribution in [0.5, 0.6) is 11.5 Å². The number of carboxylic acid groups (broad SMARTS) is 1. The number of pyridine rings is 1. The monoisotopic (exact) mass is 626 g/mol. The molecule has 46 heavy (non-hydrogen) atoms. The highest BCUT2D eigenvalue weighted by atomic mass is 19.1. The Morgan fingerprint density at radius 1 is 1.07 bits per heavy atom. The van der Waals surface area contributed by atoms with Crippen molar-refractivity contribution in [2.75, 3.05) is 30.4 Å². The number of nitrogens with one attached hydrogen (secondary N) is 2. The Bertz CT molecular complexity index is 1820. The van der Waals surface area contributed by atoms with Crippen molar-refractivity contribution >= 4 is 24.1 Å². The third-order valence-corrected chi connectivity index (χ3v) is 7.18. The van der Waals surface area contributed by atoms with Crippen LogP contribution in [0.4, 0.5) is 16.2 Å². The first-order chi connectivity index (χ1) is 22.3. The summed E-state index contributed by atoms with van der Waals surface area (Å²) in [6.45, 7) is 0.822. The number of aromatic hydroxyl groups is 1. The number of amides is 1. The smallest absolute Gasteiger partial charge is 0.290 e. The second kappa shape index (κ2) is 14.9. The zero-order valence-electron chi connectivity index (χ0n) is 24.3. The summed E-state index contributed by atoms with van der Waals surface area (Å²) in [5.74, 6) is -0.500. The molecule has 15 heteroatoms. The highest BCUT2D eigenvalue weighted by Crippen LogP contribution is 2.41. The number of halogens is 1. The summed E-state index contributed by atoms with van der Waals surface area (Å²) in [6.07, 6.45) is 5.51. The first kappa shape index (κ1) is 32.6. The molecule has 2 aromatic carbocycles. The van der Waals surface area contributed by atoms with Gasteiger partial charge in [-0.2, -0.15) is 10.5 Å². The highest BCUT2D eigenvalue weighted by Gasteiger charge is 2.26. The number of methoxy groups -OCH3 is 1. The van der Waals surface area contributed by atoms with Crippen LogP contribution in [0.3, 0.4) is 0 Å². The number of aromatic nitrogens is 3. The van der Waals surface area contributed by atoms with Gasteiger partial charge in [0.25, 0.3) is 12.4 Å². The summed E-state index contributed by atoms with van der Waals surface area (Å²) in [5.41, 5.74) is 3.59. The molecule has 14 nitrogen and oxygen atoms in total. The molecule has 4 aromatic rings. The number of hydrogen-bond acceptors (Lipinski definition) is 12. The molecule has 0 unspecified atom stereocenters. The number of nitrogens with zero attached hydrogens (tertiary/aromatic N) is 6. The Kier molecular flexibility index (Phi) is 10.6. The summed E-state index contributed by atoms with van der Waals surface area (Å²) >= 11 is 0. The van der Waals surface area contributed by atoms with Crippen LogP contribution in [0.2, 0.25) is 0 Å². The Morgan fingerprint density at radius 2 is 1.74 bits per heavy atom. The maximum Gasteiger partial charge on any atom is 0.290 e. The van der Waals surface area contributed by atoms with E-state index in [-0.39, 0.29) is 40.7 Å². The van der Waals surface area contributed by atoms with Gasteiger partial charge in [-0.25, -0.2) is 24.8 Å². The number of ether oxygens (including phenoxy) is 1. The van der Waals surface area contributed by atoms with Crippen LogP contribution in [0.25, 0.3) is 22.3 Å². The van der Waals surface area contributed by atoms with Crippen molar-refractivity contribution in [3.05, 3.63) is 77.5 Å². The fraction of sp³-hybridized carbons (Fsp3) is 0.194. The quantitative estimate of drug-likeness (QED) is 0.112. The zero-order valence-corrected chi connectivity index (χ0v) is 24.3. The number of phenols is 1. The molecule has 0 bridgehead atoms. The van der Waals surface area contributed by atoms with E-state index in [0.29, 0.717) is 60.0 Å². The third kappa shape index (κ3) is 7.07. The molecule has 2 aromatic heterocycles. The van der Waals surface area contributed by atoms with Crippen LogP contribution >= 0.6 is 0 Å². The topological polar surface area (TPSA) is 218 Å². The van der Waals surface area contributed by atoms with Gasteiger partial charge in [-0.15, -0.1) is 0 Å². The van der Waals surface area contributed by atoms with E-state index in [0.717, 1.165) is 0 Å². The second-order valence-electron chi connectivity index (χ2n) is 9.80. The minimum Gasteiger partial charge on any atom is -0.504 e. The van der Waals surface area contributed by atoms with Gasteiger partial charge >= 0.3 is 0 Å². The molecule has 0 atom stereocenters. The fourth-order valence-electron chi connectivity index (χ4n) is 4.99. The van der Waals surface area contributed by atoms with Crippen molar-refractivity contribution in [3.63, 3.8) is 0 Å². The van der Waals surface area contributed by atoms with Crippen molar-refractivity contribution in [1.82, 2.24) is 20.4 Å². The number of carbonyl (C=O) groups is 2. The molecule has 0 aliphatic carbocycles. The van der Waals surface area contributed by atoms with E-state index >= 15 is 0 Å². The number of carbonyl (C=O) groups excluding carboxylic acids is 1. The molecule has 3 heterocycles. The predicted molar refractivity (Wildman–Crippen MR) is 162 cm³/mol. The van der Waals surface area contributed by atoms with Crippen LogP contribution in [0.15, 0.2) is 55.0 Å². The zero-order chi connectivity index (χ0) is 33.2. The molecule has 234 valence electrons. The lowest BCUT2D eigenvalue weighted by molar-refractivity contribution is -0.122. The van der Waals surface area contributed by atoms with Gasteiger partial charge in [-0.1, -0.05) is 12.1 Å². The first-order valence-corrected chi connectivity index (χ1v) is 13.6. The van der Waals surface area contributed by atoms with E-state index in [1.807, 2.05) is 11.0 Å². The van der Waals surface area contributed by atoms with E-state index < -0.39 is 11.7 Å². The number of hydroxylamine groups is 1. The molecule has 1 amide bonds. The number of hydrogen-bond donors (Lipinski definition) is 5. The summed E-state index contributed by atoms with van der Waals surface area (Å²) in [4.78, 5) is 34.7. The Hall–Kier alpha value is -6.32. The van der Waals surface area contributed by atoms with Crippen LogP contribution in [-0.4, -0.2) is 69.0 Å². The third-order valence-electron chi connectivity index (χ3n) is 7.18. The maximum atomic E-state index is 14.8. The van der Waals surface area contributed by atoms with Gasteiger partial charge in [0.15, 0.2) is 11.5 Å². The Balaban J connectivity index is 0.00000154. The Morgan fingerprint density at radius 3 is 2.30 bits per heavy atom. The van der Waals surface area contributed by atoms with Crippen LogP contribution in [0.1, 0.15) is 34.3 Å². The number of piperidine rings is 1. The number of rotatable bonds is 7. The molecular formula is C31H27FN8O6. The number of benzene rings is 2. The highest BCUT2D eigenvalue weighted by molar-refractivity contribution is 5.93. The van der Waals surface area contributed by atoms with Crippen molar-refractivity contribution in [3.8, 4) is 45.9 Å². The number of anilines is 2. The van der Waals surface area contributed by atoms with Crippen molar-refractivity contribution in [2.24, 2.45) is 0 Å². The Labute approximate surface area is 261 Å². The molecule has 1 aliphatic rings. The van der Waals surface area contributed by atoms with Gasteiger partial charge in [0.05, 0.1) is 18.2 Å². The van der Waals surface area contributed by atoms with Gasteiger partial charge in [-0.3, -0.25) is 14.8 Å². The number of phenolic OH excluding ortho intramolecular Hbond substituents is 1. The fourth-order valence-corrected chi connectivity index (χ4v) is 4.99. The lowest BCUT2D eigenvalue weighted by atomic mass is 9.91. The molecule has 5 N–H and O–H groups in total. The SMILES string of the molecule is COc1ccc(-c2cnc(N3CCC(Nc4ncc(C(=O)NO)cn4)CC3)c(C#N)c2-c2ccc(C#N)c(F)c2)cc1O.O=CO. The van der Waals surface area contributed by atoms with Gasteiger partial charge in [0.1, 0.15) is 29.3 Å². The van der Waals surface area contributed by atoms with Crippen LogP contribution < -0.4 is 20.4 Å². The average molecular weight is 627 g/mol. The van der Waals surface area contributed by atoms with Crippen LogP contribution in [-0.2, 0) is 4.79 Å². The van der Waals surface area contributed by atoms with E-state index in [1.165, 1.54) is 43.2 Å². The number of nitriles is 2. The summed E-state index contributed by atoms with van der Waals surface area (Å²) in [6, 6.07) is 13.0. The summed E-state index contributed by atoms with van der Waals surface area (Å²) in [7, 11) is 1.43. The predicted octanol–water partition coefficient (Wildman–Crippen LogP) is 3.70. The van der Waals surface area contributed by atoms with Gasteiger partial charge in [0.2, 0.25) is 5.95 Å². The van der Waals surface area contributed by atoms with E-state index in [2.05, 4.69) is 26.3 Å². The summed E-state index contributed by atoms with van der Waals surface area (Å²) < 4.78 is 19.9. The molecule has 5 rings (SSSR count). The molecule has 0 saturated carbocycles. The second-order valence-corrected chi connectivity index (χ2v) is 9.80. The van der Waals surface area contributed by atoms with Crippen LogP contribution in [0, 0.1) is 28.5 Å². The minimum absolute atomic E-state index is 0.00736. The lowest BCUT2D eigenvalue weighted by Crippen LogP contribution is -2.40. The van der Waals surface area contributed by atoms with E-state index in [1.54, 1.807) is 24.4 Å². The average Bonchev–Trinajstić information content (AvgIpc) is 3.08. The normalized spacial score (nSPS) is 12.5. The molecule has 0 radical (unpaired) electrons. The van der Waals surface area contributed by atoms with Gasteiger partial charge < -0.3 is 25.2 Å². The molecule has 1 fully saturated rings. The first-order valence-electron chi connectivity index (χ1n) is 13.6. The molecule has 0 spiro atoms. The maximum absolute atomic E-state index is 14.8. The molecule has 1 aliphatic heterocycles. The van der Waals surface area contributed by atoms with Crippen molar-refractivity contribution in [2.45, 2.75) is 18.9 Å². The standard InChI is InChI=1S/C30H25FN8O4.CH2O2/c1-43-26-5-4-17(11-25(26)40)23-16-34-28(22(13-33)27(23)18-2-3-19(12-32)24(31)10-18)39-8-6-21(7-9-39)37-30-35-14-20(15-36-30)29(41)38-42;2-1-3/h2-5,10-11,14-16,21,40,42H,6-9H2,1H3,(H,38,41)(H,35,36,37);1H,(H,2,3). The van der Waals surface area contributed by atoms with E-state index in [4.69, 9.17) is 19.8 Å². The van der Waals surface area contributed by atoms with Gasteiger partial charge in [0, 0.05) is 48.8 Å². The van der Waals surface area contributed by atoms with Gasteiger partial charge in [-0.05, 0) is 48.2 Å². The molecule has 1 saturated heterocycles. The van der Waals surface area contributed by atoms with E-state index in [9.17, 15) is 24.8 Å². The largest absolute Gasteiger partial charge is 0.504 e. The summed E-state index contributed by atoms with van der Waals surface area (Å²) in [5, 5.41) is 48.9. The van der Waals surface area contributed by atoms with Crippen molar-refractivity contribution < 1.29 is 34.1 Å². The lowest BCUT2D eigenvalue weighted by Gasteiger charge is -2.34. The minimum atomic E-state index is -0.718.